The fraction of sp³-hybridized carbons (Fsp3) is 0.400. The molecule has 0 amide bonds. The molecular formula is C10H11Cl. The van der Waals surface area contributed by atoms with Crippen LogP contribution in [-0.2, 0) is 12.8 Å². The molecule has 0 bridgehead atoms. The zero-order valence-electron chi connectivity index (χ0n) is 6.44. The average molecular weight is 167 g/mol. The number of aryl methyl sites for hydroxylation is 2. The molecule has 0 N–H and O–H groups in total. The van der Waals surface area contributed by atoms with Gasteiger partial charge in [-0.15, -0.1) is 0 Å². The summed E-state index contributed by atoms with van der Waals surface area (Å²) < 4.78 is 0. The smallest absolute Gasteiger partial charge is 0.0408 e. The largest absolute Gasteiger partial charge is 0.0843 e. The van der Waals surface area contributed by atoms with Crippen molar-refractivity contribution >= 4 is 11.6 Å². The first-order valence-electron chi connectivity index (χ1n) is 4.13. The summed E-state index contributed by atoms with van der Waals surface area (Å²) in [4.78, 5) is 0. The van der Waals surface area contributed by atoms with Crippen LogP contribution in [0.25, 0.3) is 0 Å². The second-order valence-corrected chi connectivity index (χ2v) is 3.56. The molecule has 1 aromatic carbocycles. The molecular weight excluding hydrogens is 156 g/mol. The van der Waals surface area contributed by atoms with Crippen molar-refractivity contribution in [2.24, 2.45) is 0 Å². The summed E-state index contributed by atoms with van der Waals surface area (Å²) in [5.41, 5.74) is 2.96. The van der Waals surface area contributed by atoms with Gasteiger partial charge in [0.15, 0.2) is 0 Å². The van der Waals surface area contributed by atoms with E-state index < -0.39 is 0 Å². The highest BCUT2D eigenvalue weighted by Gasteiger charge is 2.07. The van der Waals surface area contributed by atoms with E-state index in [-0.39, 0.29) is 0 Å². The Morgan fingerprint density at radius 1 is 1.00 bits per heavy atom. The predicted octanol–water partition coefficient (Wildman–Crippen LogP) is 3.22. The van der Waals surface area contributed by atoms with E-state index in [4.69, 9.17) is 11.6 Å². The minimum Gasteiger partial charge on any atom is -0.0843 e. The van der Waals surface area contributed by atoms with Gasteiger partial charge >= 0.3 is 0 Å². The van der Waals surface area contributed by atoms with Crippen molar-refractivity contribution in [1.29, 1.82) is 0 Å². The van der Waals surface area contributed by atoms with Crippen LogP contribution < -0.4 is 0 Å². The zero-order valence-corrected chi connectivity index (χ0v) is 7.19. The highest BCUT2D eigenvalue weighted by molar-refractivity contribution is 6.30. The summed E-state index contributed by atoms with van der Waals surface area (Å²) in [6.07, 6.45) is 5.13. The van der Waals surface area contributed by atoms with Crippen LogP contribution in [0.4, 0.5) is 0 Å². The van der Waals surface area contributed by atoms with Gasteiger partial charge in [-0.3, -0.25) is 0 Å². The molecule has 58 valence electrons. The average Bonchev–Trinajstić information content (AvgIpc) is 2.04. The van der Waals surface area contributed by atoms with Crippen molar-refractivity contribution in [3.8, 4) is 0 Å². The second kappa shape index (κ2) is 2.86. The van der Waals surface area contributed by atoms with Crippen molar-refractivity contribution in [1.82, 2.24) is 0 Å². The number of halogens is 1. The van der Waals surface area contributed by atoms with Crippen LogP contribution in [0.1, 0.15) is 24.0 Å². The van der Waals surface area contributed by atoms with Gasteiger partial charge in [-0.05, 0) is 48.9 Å². The molecule has 0 aliphatic heterocycles. The van der Waals surface area contributed by atoms with Crippen molar-refractivity contribution in [3.63, 3.8) is 0 Å². The molecule has 0 atom stereocenters. The molecule has 0 heterocycles. The van der Waals surface area contributed by atoms with Gasteiger partial charge in [0.1, 0.15) is 0 Å². The normalized spacial score (nSPS) is 16.1. The van der Waals surface area contributed by atoms with Crippen LogP contribution in [0.15, 0.2) is 18.2 Å². The molecule has 1 heteroatoms. The maximum atomic E-state index is 5.88. The topological polar surface area (TPSA) is 0 Å². The van der Waals surface area contributed by atoms with E-state index in [1.165, 1.54) is 36.8 Å². The Morgan fingerprint density at radius 3 is 2.55 bits per heavy atom. The molecule has 1 aromatic rings. The molecule has 0 aromatic heterocycles. The predicted molar refractivity (Wildman–Crippen MR) is 48.1 cm³/mol. The van der Waals surface area contributed by atoms with Crippen molar-refractivity contribution in [3.05, 3.63) is 34.3 Å². The molecule has 0 fully saturated rings. The molecule has 0 radical (unpaired) electrons. The van der Waals surface area contributed by atoms with E-state index in [9.17, 15) is 0 Å². The van der Waals surface area contributed by atoms with Gasteiger partial charge in [-0.25, -0.2) is 0 Å². The SMILES string of the molecule is Clc1ccc2c(c1)CCCC2. The molecule has 0 spiro atoms. The third-order valence-corrected chi connectivity index (χ3v) is 2.55. The number of hydrogen-bond acceptors (Lipinski definition) is 0. The van der Waals surface area contributed by atoms with E-state index >= 15 is 0 Å². The van der Waals surface area contributed by atoms with Crippen LogP contribution in [0.2, 0.25) is 5.02 Å². The van der Waals surface area contributed by atoms with Crippen LogP contribution in [-0.4, -0.2) is 0 Å². The molecule has 0 saturated carbocycles. The molecule has 0 unspecified atom stereocenters. The number of rotatable bonds is 0. The Bertz CT molecular complexity index is 266. The maximum absolute atomic E-state index is 5.88. The molecule has 1 aliphatic carbocycles. The summed E-state index contributed by atoms with van der Waals surface area (Å²) in [5.74, 6) is 0. The first kappa shape index (κ1) is 7.17. The Hall–Kier alpha value is -0.490. The Labute approximate surface area is 72.2 Å². The zero-order chi connectivity index (χ0) is 7.68. The number of hydrogen-bond donors (Lipinski definition) is 0. The first-order chi connectivity index (χ1) is 5.36. The highest BCUT2D eigenvalue weighted by atomic mass is 35.5. The second-order valence-electron chi connectivity index (χ2n) is 3.12. The van der Waals surface area contributed by atoms with Gasteiger partial charge < -0.3 is 0 Å². The van der Waals surface area contributed by atoms with Gasteiger partial charge in [0, 0.05) is 5.02 Å². The lowest BCUT2D eigenvalue weighted by atomic mass is 9.92. The molecule has 1 aliphatic rings. The number of fused-ring (bicyclic) bond motifs is 1. The summed E-state index contributed by atoms with van der Waals surface area (Å²) in [7, 11) is 0. The van der Waals surface area contributed by atoms with Crippen molar-refractivity contribution < 1.29 is 0 Å². The van der Waals surface area contributed by atoms with Crippen molar-refractivity contribution in [2.45, 2.75) is 25.7 Å². The summed E-state index contributed by atoms with van der Waals surface area (Å²) in [6.45, 7) is 0. The summed E-state index contributed by atoms with van der Waals surface area (Å²) in [5, 5.41) is 0.880. The van der Waals surface area contributed by atoms with E-state index in [0.717, 1.165) is 5.02 Å². The standard InChI is InChI=1S/C10H11Cl/c11-10-6-5-8-3-1-2-4-9(8)7-10/h5-7H,1-4H2. The van der Waals surface area contributed by atoms with Gasteiger partial charge in [0.2, 0.25) is 0 Å². The quantitative estimate of drug-likeness (QED) is 0.555. The van der Waals surface area contributed by atoms with Gasteiger partial charge in [0.25, 0.3) is 0 Å². The molecule has 2 rings (SSSR count). The summed E-state index contributed by atoms with van der Waals surface area (Å²) >= 11 is 5.88. The minimum absolute atomic E-state index is 0.880. The summed E-state index contributed by atoms with van der Waals surface area (Å²) in [6, 6.07) is 6.26. The molecule has 0 saturated heterocycles. The Kier molecular flexibility index (Phi) is 1.87. The third kappa shape index (κ3) is 1.41. The lowest BCUT2D eigenvalue weighted by Crippen LogP contribution is -2.01. The van der Waals surface area contributed by atoms with E-state index in [2.05, 4.69) is 12.1 Å². The van der Waals surface area contributed by atoms with E-state index in [0.29, 0.717) is 0 Å². The van der Waals surface area contributed by atoms with E-state index in [1.807, 2.05) is 6.07 Å². The minimum atomic E-state index is 0.880. The third-order valence-electron chi connectivity index (χ3n) is 2.31. The fourth-order valence-electron chi connectivity index (χ4n) is 1.70. The Balaban J connectivity index is 2.43. The Morgan fingerprint density at radius 2 is 1.73 bits per heavy atom. The van der Waals surface area contributed by atoms with Crippen LogP contribution in [0.3, 0.4) is 0 Å². The number of benzene rings is 1. The van der Waals surface area contributed by atoms with Gasteiger partial charge in [-0.2, -0.15) is 0 Å². The maximum Gasteiger partial charge on any atom is 0.0408 e. The lowest BCUT2D eigenvalue weighted by molar-refractivity contribution is 0.685. The van der Waals surface area contributed by atoms with Crippen LogP contribution >= 0.6 is 11.6 Å². The monoisotopic (exact) mass is 166 g/mol. The van der Waals surface area contributed by atoms with Gasteiger partial charge in [0.05, 0.1) is 0 Å². The fourth-order valence-corrected chi connectivity index (χ4v) is 1.90. The molecule has 11 heavy (non-hydrogen) atoms. The van der Waals surface area contributed by atoms with Crippen LogP contribution in [0, 0.1) is 0 Å². The molecule has 0 nitrogen and oxygen atoms in total. The first-order valence-corrected chi connectivity index (χ1v) is 4.51. The highest BCUT2D eigenvalue weighted by Crippen LogP contribution is 2.23. The van der Waals surface area contributed by atoms with Crippen LogP contribution in [0.5, 0.6) is 0 Å². The van der Waals surface area contributed by atoms with Gasteiger partial charge in [-0.1, -0.05) is 17.7 Å². The van der Waals surface area contributed by atoms with Crippen molar-refractivity contribution in [2.75, 3.05) is 0 Å². The van der Waals surface area contributed by atoms with E-state index in [1.54, 1.807) is 0 Å². The lowest BCUT2D eigenvalue weighted by Gasteiger charge is -2.14.